The number of hydrogen-bond donors (Lipinski definition) is 2. The van der Waals surface area contributed by atoms with E-state index in [9.17, 15) is 0 Å². The molecule has 0 aromatic heterocycles. The van der Waals surface area contributed by atoms with Crippen molar-refractivity contribution in [2.75, 3.05) is 18.9 Å². The van der Waals surface area contributed by atoms with Crippen LogP contribution in [0.2, 0.25) is 0 Å². The smallest absolute Gasteiger partial charge is 0.0679 e. The SMILES string of the molecule is CC1OCC1(CN)c1ccc2c(c1N)Cc1ccccc1-2. The van der Waals surface area contributed by atoms with Crippen LogP contribution in [0.4, 0.5) is 5.69 Å². The first-order chi connectivity index (χ1) is 10.2. The number of nitrogens with two attached hydrogens (primary N) is 2. The molecule has 0 amide bonds. The summed E-state index contributed by atoms with van der Waals surface area (Å²) in [6.45, 7) is 3.32. The quantitative estimate of drug-likeness (QED) is 0.709. The predicted octanol–water partition coefficient (Wildman–Crippen LogP) is 2.46. The van der Waals surface area contributed by atoms with Crippen molar-refractivity contribution < 1.29 is 4.74 Å². The lowest BCUT2D eigenvalue weighted by molar-refractivity contribution is -0.123. The van der Waals surface area contributed by atoms with Crippen molar-refractivity contribution in [2.24, 2.45) is 5.73 Å². The lowest BCUT2D eigenvalue weighted by Gasteiger charge is -2.48. The Labute approximate surface area is 124 Å². The number of anilines is 1. The Morgan fingerprint density at radius 2 is 2.00 bits per heavy atom. The summed E-state index contributed by atoms with van der Waals surface area (Å²) < 4.78 is 5.59. The van der Waals surface area contributed by atoms with Crippen LogP contribution in [0.3, 0.4) is 0 Å². The van der Waals surface area contributed by atoms with Crippen LogP contribution < -0.4 is 11.5 Å². The first kappa shape index (κ1) is 12.9. The Balaban J connectivity index is 1.87. The molecular formula is C18H20N2O. The van der Waals surface area contributed by atoms with Crippen LogP contribution in [-0.2, 0) is 16.6 Å². The molecule has 2 unspecified atom stereocenters. The highest BCUT2D eigenvalue weighted by Crippen LogP contribution is 2.46. The molecule has 0 bridgehead atoms. The van der Waals surface area contributed by atoms with Crippen LogP contribution in [0.25, 0.3) is 11.1 Å². The van der Waals surface area contributed by atoms with E-state index >= 15 is 0 Å². The summed E-state index contributed by atoms with van der Waals surface area (Å²) in [4.78, 5) is 0. The number of benzene rings is 2. The van der Waals surface area contributed by atoms with Crippen molar-refractivity contribution in [3.05, 3.63) is 53.1 Å². The molecule has 1 saturated heterocycles. The molecule has 1 fully saturated rings. The molecule has 4 N–H and O–H groups in total. The minimum atomic E-state index is -0.117. The largest absolute Gasteiger partial charge is 0.398 e. The predicted molar refractivity (Wildman–Crippen MR) is 85.2 cm³/mol. The molecule has 21 heavy (non-hydrogen) atoms. The highest BCUT2D eigenvalue weighted by molar-refractivity contribution is 5.83. The minimum Gasteiger partial charge on any atom is -0.398 e. The molecule has 4 rings (SSSR count). The van der Waals surface area contributed by atoms with Gasteiger partial charge in [0.25, 0.3) is 0 Å². The second-order valence-corrected chi connectivity index (χ2v) is 6.20. The van der Waals surface area contributed by atoms with Crippen molar-refractivity contribution in [3.63, 3.8) is 0 Å². The lowest BCUT2D eigenvalue weighted by Crippen LogP contribution is -2.58. The molecule has 3 nitrogen and oxygen atoms in total. The molecule has 0 radical (unpaired) electrons. The molecule has 2 aliphatic rings. The third kappa shape index (κ3) is 1.56. The highest BCUT2D eigenvalue weighted by atomic mass is 16.5. The first-order valence-corrected chi connectivity index (χ1v) is 7.49. The Kier molecular flexibility index (Phi) is 2.65. The average Bonchev–Trinajstić information content (AvgIpc) is 2.88. The van der Waals surface area contributed by atoms with E-state index in [1.165, 1.54) is 22.3 Å². The average molecular weight is 280 g/mol. The maximum atomic E-state index is 6.54. The Morgan fingerprint density at radius 3 is 2.67 bits per heavy atom. The monoisotopic (exact) mass is 280 g/mol. The van der Waals surface area contributed by atoms with Gasteiger partial charge in [0.1, 0.15) is 0 Å². The van der Waals surface area contributed by atoms with Gasteiger partial charge in [-0.05, 0) is 34.7 Å². The highest BCUT2D eigenvalue weighted by Gasteiger charge is 2.47. The van der Waals surface area contributed by atoms with Crippen molar-refractivity contribution in [1.82, 2.24) is 0 Å². The zero-order valence-electron chi connectivity index (χ0n) is 12.2. The zero-order chi connectivity index (χ0) is 14.6. The molecule has 2 aromatic carbocycles. The molecule has 2 aromatic rings. The van der Waals surface area contributed by atoms with Gasteiger partial charge in [-0.3, -0.25) is 0 Å². The molecule has 0 saturated carbocycles. The van der Waals surface area contributed by atoms with Gasteiger partial charge in [0, 0.05) is 18.7 Å². The molecule has 0 spiro atoms. The van der Waals surface area contributed by atoms with E-state index in [1.54, 1.807) is 0 Å². The minimum absolute atomic E-state index is 0.117. The van der Waals surface area contributed by atoms with Gasteiger partial charge >= 0.3 is 0 Å². The van der Waals surface area contributed by atoms with E-state index in [0.717, 1.165) is 17.7 Å². The number of nitrogen functional groups attached to an aromatic ring is 1. The van der Waals surface area contributed by atoms with Gasteiger partial charge < -0.3 is 16.2 Å². The van der Waals surface area contributed by atoms with E-state index < -0.39 is 0 Å². The maximum Gasteiger partial charge on any atom is 0.0679 e. The lowest BCUT2D eigenvalue weighted by atomic mass is 9.71. The summed E-state index contributed by atoms with van der Waals surface area (Å²) in [5, 5.41) is 0. The van der Waals surface area contributed by atoms with E-state index in [1.807, 2.05) is 0 Å². The number of ether oxygens (including phenoxy) is 1. The standard InChI is InChI=1S/C18H20N2O/c1-11-18(9-19,10-21-11)16-7-6-14-13-5-3-2-4-12(13)8-15(14)17(16)20/h2-7,11H,8-10,19-20H2,1H3. The Hall–Kier alpha value is -1.84. The molecule has 2 atom stereocenters. The number of fused-ring (bicyclic) bond motifs is 3. The fraction of sp³-hybridized carbons (Fsp3) is 0.333. The maximum absolute atomic E-state index is 6.54. The summed E-state index contributed by atoms with van der Waals surface area (Å²) in [6.07, 6.45) is 1.05. The van der Waals surface area contributed by atoms with Crippen LogP contribution in [0, 0.1) is 0 Å². The van der Waals surface area contributed by atoms with Crippen LogP contribution in [0.5, 0.6) is 0 Å². The summed E-state index contributed by atoms with van der Waals surface area (Å²) >= 11 is 0. The van der Waals surface area contributed by atoms with Crippen molar-refractivity contribution in [1.29, 1.82) is 0 Å². The van der Waals surface area contributed by atoms with Crippen molar-refractivity contribution in [2.45, 2.75) is 24.9 Å². The van der Waals surface area contributed by atoms with Crippen LogP contribution in [0.15, 0.2) is 36.4 Å². The van der Waals surface area contributed by atoms with Gasteiger partial charge in [0.05, 0.1) is 18.1 Å². The molecule has 108 valence electrons. The topological polar surface area (TPSA) is 61.3 Å². The van der Waals surface area contributed by atoms with Crippen LogP contribution in [-0.4, -0.2) is 19.3 Å². The fourth-order valence-corrected chi connectivity index (χ4v) is 3.75. The summed E-state index contributed by atoms with van der Waals surface area (Å²) in [5.74, 6) is 0. The van der Waals surface area contributed by atoms with Gasteiger partial charge in [-0.15, -0.1) is 0 Å². The second-order valence-electron chi connectivity index (χ2n) is 6.20. The van der Waals surface area contributed by atoms with Crippen LogP contribution >= 0.6 is 0 Å². The number of hydrogen-bond acceptors (Lipinski definition) is 3. The Bertz CT molecular complexity index is 721. The van der Waals surface area contributed by atoms with E-state index in [0.29, 0.717) is 13.2 Å². The third-order valence-electron chi connectivity index (χ3n) is 5.30. The third-order valence-corrected chi connectivity index (χ3v) is 5.30. The normalized spacial score (nSPS) is 26.1. The first-order valence-electron chi connectivity index (χ1n) is 7.49. The molecule has 1 aliphatic heterocycles. The van der Waals surface area contributed by atoms with Gasteiger partial charge in [0.15, 0.2) is 0 Å². The fourth-order valence-electron chi connectivity index (χ4n) is 3.75. The Morgan fingerprint density at radius 1 is 1.19 bits per heavy atom. The van der Waals surface area contributed by atoms with Gasteiger partial charge in [0.2, 0.25) is 0 Å². The molecule has 1 aliphatic carbocycles. The summed E-state index contributed by atoms with van der Waals surface area (Å²) in [5.41, 5.74) is 19.7. The second kappa shape index (κ2) is 4.33. The molecule has 1 heterocycles. The van der Waals surface area contributed by atoms with Gasteiger partial charge in [-0.1, -0.05) is 36.4 Å². The van der Waals surface area contributed by atoms with E-state index in [2.05, 4.69) is 43.3 Å². The van der Waals surface area contributed by atoms with E-state index in [4.69, 9.17) is 16.2 Å². The zero-order valence-corrected chi connectivity index (χ0v) is 12.2. The molecular weight excluding hydrogens is 260 g/mol. The van der Waals surface area contributed by atoms with Crippen molar-refractivity contribution in [3.8, 4) is 11.1 Å². The number of rotatable bonds is 2. The van der Waals surface area contributed by atoms with Crippen molar-refractivity contribution >= 4 is 5.69 Å². The summed E-state index contributed by atoms with van der Waals surface area (Å²) in [6, 6.07) is 12.9. The van der Waals surface area contributed by atoms with Crippen LogP contribution in [0.1, 0.15) is 23.6 Å². The summed E-state index contributed by atoms with van der Waals surface area (Å²) in [7, 11) is 0. The van der Waals surface area contributed by atoms with Gasteiger partial charge in [-0.2, -0.15) is 0 Å². The molecule has 3 heteroatoms. The van der Waals surface area contributed by atoms with E-state index in [-0.39, 0.29) is 11.5 Å². The van der Waals surface area contributed by atoms with Gasteiger partial charge in [-0.25, -0.2) is 0 Å².